The summed E-state index contributed by atoms with van der Waals surface area (Å²) in [5.74, 6) is -0.766. The van der Waals surface area contributed by atoms with E-state index >= 15 is 0 Å². The third-order valence-electron chi connectivity index (χ3n) is 3.90. The number of hydrogen-bond donors (Lipinski definition) is 3. The third kappa shape index (κ3) is 3.14. The Hall–Kier alpha value is -3.10. The second-order valence-electron chi connectivity index (χ2n) is 5.53. The topological polar surface area (TPSA) is 144 Å². The Bertz CT molecular complexity index is 875. The number of aromatic amines is 1. The van der Waals surface area contributed by atoms with Crippen molar-refractivity contribution in [1.29, 1.82) is 0 Å². The molecule has 2 unspecified atom stereocenters. The molecule has 24 heavy (non-hydrogen) atoms. The van der Waals surface area contributed by atoms with E-state index in [9.17, 15) is 14.4 Å². The molecule has 0 saturated carbocycles. The molecule has 1 aliphatic rings. The van der Waals surface area contributed by atoms with Crippen molar-refractivity contribution in [2.75, 3.05) is 5.73 Å². The summed E-state index contributed by atoms with van der Waals surface area (Å²) in [6, 6.07) is 0. The Balaban J connectivity index is 1.74. The van der Waals surface area contributed by atoms with Crippen molar-refractivity contribution in [3.63, 3.8) is 0 Å². The summed E-state index contributed by atoms with van der Waals surface area (Å²) >= 11 is 0. The Labute approximate surface area is 136 Å². The molecule has 2 aromatic heterocycles. The zero-order valence-electron chi connectivity index (χ0n) is 12.7. The van der Waals surface area contributed by atoms with Gasteiger partial charge in [0.1, 0.15) is 6.29 Å². The highest BCUT2D eigenvalue weighted by Gasteiger charge is 2.25. The van der Waals surface area contributed by atoms with E-state index in [-0.39, 0.29) is 28.9 Å². The number of aldehydes is 1. The van der Waals surface area contributed by atoms with Crippen molar-refractivity contribution in [3.8, 4) is 0 Å². The van der Waals surface area contributed by atoms with Crippen LogP contribution in [0.1, 0.15) is 18.5 Å². The summed E-state index contributed by atoms with van der Waals surface area (Å²) in [5.41, 5.74) is 6.70. The van der Waals surface area contributed by atoms with E-state index in [1.165, 1.54) is 6.20 Å². The van der Waals surface area contributed by atoms with Gasteiger partial charge < -0.3 is 15.8 Å². The highest BCUT2D eigenvalue weighted by molar-refractivity contribution is 5.69. The second kappa shape index (κ2) is 6.57. The lowest BCUT2D eigenvalue weighted by Crippen LogP contribution is -2.27. The molecule has 0 aromatic carbocycles. The van der Waals surface area contributed by atoms with Crippen LogP contribution >= 0.6 is 0 Å². The van der Waals surface area contributed by atoms with E-state index in [0.29, 0.717) is 25.1 Å². The fourth-order valence-corrected chi connectivity index (χ4v) is 2.61. The molecule has 1 aliphatic carbocycles. The first-order valence-electron chi connectivity index (χ1n) is 7.38. The zero-order chi connectivity index (χ0) is 17.1. The average Bonchev–Trinajstić information content (AvgIpc) is 2.59. The van der Waals surface area contributed by atoms with Gasteiger partial charge in [0.2, 0.25) is 12.2 Å². The number of rotatable bonds is 5. The largest absolute Gasteiger partial charge is 0.383 e. The molecule has 3 rings (SSSR count). The number of H-pyrrole nitrogens is 1. The number of aromatic nitrogens is 4. The predicted molar refractivity (Wildman–Crippen MR) is 85.3 cm³/mol. The van der Waals surface area contributed by atoms with E-state index < -0.39 is 5.56 Å². The lowest BCUT2D eigenvalue weighted by Gasteiger charge is -2.23. The lowest BCUT2D eigenvalue weighted by molar-refractivity contribution is -0.112. The third-order valence-corrected chi connectivity index (χ3v) is 3.90. The summed E-state index contributed by atoms with van der Waals surface area (Å²) in [6.45, 7) is 0.333. The number of allylic oxidation sites excluding steroid dienone is 2. The molecular weight excluding hydrogens is 312 g/mol. The fraction of sp³-hybridized carbons (Fsp3) is 0.333. The number of nitrogens with one attached hydrogen (secondary N) is 2. The van der Waals surface area contributed by atoms with E-state index in [0.717, 1.165) is 12.0 Å². The van der Waals surface area contributed by atoms with Gasteiger partial charge in [-0.15, -0.1) is 0 Å². The Kier molecular flexibility index (Phi) is 4.32. The number of hydrogen-bond acceptors (Lipinski definition) is 8. The van der Waals surface area contributed by atoms with Crippen LogP contribution in [0.15, 0.2) is 22.8 Å². The summed E-state index contributed by atoms with van der Waals surface area (Å²) in [4.78, 5) is 48.3. The molecular formula is C15H15N6O3. The number of nitrogen functional groups attached to an aromatic ring is 1. The Morgan fingerprint density at radius 3 is 3.04 bits per heavy atom. The minimum absolute atomic E-state index is 0.0125. The summed E-state index contributed by atoms with van der Waals surface area (Å²) in [5, 5.41) is 3.15. The maximum Gasteiger partial charge on any atom is 0.280 e. The van der Waals surface area contributed by atoms with Gasteiger partial charge in [0.15, 0.2) is 11.2 Å². The quantitative estimate of drug-likeness (QED) is 0.629. The van der Waals surface area contributed by atoms with Gasteiger partial charge in [-0.05, 0) is 12.8 Å². The molecule has 0 saturated heterocycles. The Morgan fingerprint density at radius 2 is 2.29 bits per heavy atom. The summed E-state index contributed by atoms with van der Waals surface area (Å²) < 4.78 is 0. The number of carbonyl (C=O) groups excluding carboxylic acids is 2. The molecule has 9 nitrogen and oxygen atoms in total. The van der Waals surface area contributed by atoms with Crippen LogP contribution in [0.4, 0.5) is 5.95 Å². The molecule has 0 aliphatic heterocycles. The number of anilines is 1. The first-order chi connectivity index (χ1) is 11.6. The first-order valence-corrected chi connectivity index (χ1v) is 7.38. The van der Waals surface area contributed by atoms with Crippen molar-refractivity contribution >= 4 is 29.7 Å². The van der Waals surface area contributed by atoms with Crippen LogP contribution in [0.5, 0.6) is 0 Å². The van der Waals surface area contributed by atoms with Crippen LogP contribution in [0.3, 0.4) is 0 Å². The number of nitrogens with zero attached hydrogens (tertiary/aromatic N) is 3. The van der Waals surface area contributed by atoms with Crippen LogP contribution in [0, 0.1) is 11.8 Å². The van der Waals surface area contributed by atoms with Crippen LogP contribution in [0.2, 0.25) is 0 Å². The molecule has 0 fully saturated rings. The van der Waals surface area contributed by atoms with Gasteiger partial charge in [0.25, 0.3) is 5.56 Å². The minimum Gasteiger partial charge on any atom is -0.383 e. The fourth-order valence-electron chi connectivity index (χ4n) is 2.61. The van der Waals surface area contributed by atoms with Gasteiger partial charge in [-0.3, -0.25) is 14.6 Å². The molecule has 123 valence electrons. The van der Waals surface area contributed by atoms with Gasteiger partial charge >= 0.3 is 0 Å². The van der Waals surface area contributed by atoms with Crippen LogP contribution in [-0.4, -0.2) is 32.5 Å². The molecule has 1 radical (unpaired) electrons. The van der Waals surface area contributed by atoms with E-state index in [4.69, 9.17) is 5.73 Å². The minimum atomic E-state index is -0.450. The molecule has 4 N–H and O–H groups in total. The first kappa shape index (κ1) is 15.8. The monoisotopic (exact) mass is 327 g/mol. The SMILES string of the molecule is Nc1nc2ncc(CNC3=CCC([C]=O)C(C=O)C3)nc2c(=O)[nH]1. The molecule has 0 amide bonds. The van der Waals surface area contributed by atoms with Crippen LogP contribution in [0.25, 0.3) is 11.2 Å². The standard InChI is InChI=1S/C15H15N6O3/c16-15-20-13-12(14(24)21-15)19-11(5-18-13)4-17-10-2-1-8(6-22)9(3-10)7-23/h2,5,7-9,17H,1,3-4H2,(H3,16,18,20,21,24). The molecule has 0 bridgehead atoms. The highest BCUT2D eigenvalue weighted by atomic mass is 16.1. The molecule has 2 atom stereocenters. The highest BCUT2D eigenvalue weighted by Crippen LogP contribution is 2.25. The van der Waals surface area contributed by atoms with Gasteiger partial charge in [-0.2, -0.15) is 4.98 Å². The van der Waals surface area contributed by atoms with Crippen LogP contribution < -0.4 is 16.6 Å². The maximum absolute atomic E-state index is 11.8. The van der Waals surface area contributed by atoms with E-state index in [1.807, 2.05) is 12.4 Å². The average molecular weight is 327 g/mol. The van der Waals surface area contributed by atoms with Crippen molar-refractivity contribution in [3.05, 3.63) is 34.0 Å². The number of fused-ring (bicyclic) bond motifs is 1. The lowest BCUT2D eigenvalue weighted by atomic mass is 9.83. The molecule has 0 spiro atoms. The number of nitrogens with two attached hydrogens (primary N) is 1. The van der Waals surface area contributed by atoms with E-state index in [2.05, 4.69) is 25.3 Å². The van der Waals surface area contributed by atoms with Gasteiger partial charge in [-0.25, -0.2) is 9.97 Å². The van der Waals surface area contributed by atoms with Gasteiger partial charge in [0.05, 0.1) is 18.4 Å². The van der Waals surface area contributed by atoms with Crippen LogP contribution in [-0.2, 0) is 16.1 Å². The smallest absolute Gasteiger partial charge is 0.280 e. The normalized spacial score (nSPS) is 20.4. The maximum atomic E-state index is 11.8. The number of carbonyl (C=O) groups is 1. The predicted octanol–water partition coefficient (Wildman–Crippen LogP) is -0.396. The molecule has 9 heteroatoms. The summed E-state index contributed by atoms with van der Waals surface area (Å²) in [7, 11) is 0. The summed E-state index contributed by atoms with van der Waals surface area (Å²) in [6.07, 6.45) is 6.99. The zero-order valence-corrected chi connectivity index (χ0v) is 12.7. The Morgan fingerprint density at radius 1 is 1.46 bits per heavy atom. The van der Waals surface area contributed by atoms with Crippen molar-refractivity contribution in [2.45, 2.75) is 19.4 Å². The van der Waals surface area contributed by atoms with Crippen molar-refractivity contribution < 1.29 is 9.59 Å². The van der Waals surface area contributed by atoms with Gasteiger partial charge in [0, 0.05) is 17.5 Å². The second-order valence-corrected chi connectivity index (χ2v) is 5.53. The molecule has 2 aromatic rings. The van der Waals surface area contributed by atoms with E-state index in [1.54, 1.807) is 0 Å². The van der Waals surface area contributed by atoms with Crippen molar-refractivity contribution in [1.82, 2.24) is 25.3 Å². The van der Waals surface area contributed by atoms with Crippen molar-refractivity contribution in [2.24, 2.45) is 11.8 Å². The van der Waals surface area contributed by atoms with Gasteiger partial charge in [-0.1, -0.05) is 6.08 Å². The molecule has 2 heterocycles.